The van der Waals surface area contributed by atoms with E-state index in [4.69, 9.17) is 49.0 Å². The number of hydrazone groups is 1. The van der Waals surface area contributed by atoms with Gasteiger partial charge in [0.25, 0.3) is 15.9 Å². The number of halogens is 3. The molecule has 13 heteroatoms. The lowest BCUT2D eigenvalue weighted by Gasteiger charge is -2.25. The molecule has 0 unspecified atom stereocenters. The van der Waals surface area contributed by atoms with E-state index in [2.05, 4.69) is 10.5 Å². The highest BCUT2D eigenvalue weighted by molar-refractivity contribution is 7.92. The van der Waals surface area contributed by atoms with E-state index in [9.17, 15) is 13.2 Å². The van der Waals surface area contributed by atoms with E-state index >= 15 is 0 Å². The van der Waals surface area contributed by atoms with Gasteiger partial charge >= 0.3 is 0 Å². The average molecular weight is 587 g/mol. The number of hydrogen-bond donors (Lipinski definition) is 1. The second-order valence-electron chi connectivity index (χ2n) is 7.27. The summed E-state index contributed by atoms with van der Waals surface area (Å²) >= 11 is 18.4. The number of carbonyl (C=O) groups is 1. The normalized spacial score (nSPS) is 11.3. The molecular formula is C24H22Cl3N3O6S. The minimum Gasteiger partial charge on any atom is -0.495 e. The van der Waals surface area contributed by atoms with Crippen molar-refractivity contribution in [1.29, 1.82) is 0 Å². The molecule has 0 saturated heterocycles. The molecule has 9 nitrogen and oxygen atoms in total. The topological polar surface area (TPSA) is 107 Å². The quantitative estimate of drug-likeness (QED) is 0.264. The Morgan fingerprint density at radius 2 is 1.54 bits per heavy atom. The van der Waals surface area contributed by atoms with Gasteiger partial charge in [-0.05, 0) is 42.5 Å². The van der Waals surface area contributed by atoms with E-state index in [1.54, 1.807) is 18.2 Å². The van der Waals surface area contributed by atoms with Crippen LogP contribution in [0.4, 0.5) is 5.69 Å². The van der Waals surface area contributed by atoms with Crippen molar-refractivity contribution in [2.24, 2.45) is 5.10 Å². The van der Waals surface area contributed by atoms with Crippen molar-refractivity contribution in [3.63, 3.8) is 0 Å². The minimum atomic E-state index is -4.34. The Hall–Kier alpha value is -3.18. The van der Waals surface area contributed by atoms with Crippen molar-refractivity contribution < 1.29 is 27.4 Å². The number of anilines is 1. The first kappa shape index (κ1) is 28.4. The van der Waals surface area contributed by atoms with Crippen LogP contribution < -0.4 is 23.9 Å². The standard InChI is InChI=1S/C24H22Cl3N3O6S/c1-34-21-9-7-15(25)11-20(21)30(37(32,33)16-8-10-22(35-2)23(12-16)36-3)14-24(31)29-28-13-17-18(26)5-4-6-19(17)27/h4-13H,14H2,1-3H3,(H,29,31)/b28-13-. The molecule has 3 aromatic rings. The SMILES string of the molecule is COc1ccc(S(=O)(=O)N(CC(=O)N/N=C\c2c(Cl)cccc2Cl)c2cc(Cl)ccc2OC)cc1OC. The molecule has 0 aliphatic heterocycles. The van der Waals surface area contributed by atoms with Crippen molar-refractivity contribution >= 4 is 62.6 Å². The van der Waals surface area contributed by atoms with Gasteiger partial charge in [0.2, 0.25) is 0 Å². The summed E-state index contributed by atoms with van der Waals surface area (Å²) < 4.78 is 44.2. The van der Waals surface area contributed by atoms with Crippen LogP contribution in [0.2, 0.25) is 15.1 Å². The minimum absolute atomic E-state index is 0.0399. The molecule has 1 amide bonds. The molecule has 1 N–H and O–H groups in total. The third-order valence-corrected chi connectivity index (χ3v) is 7.67. The fraction of sp³-hybridized carbons (Fsp3) is 0.167. The zero-order valence-electron chi connectivity index (χ0n) is 19.9. The first-order valence-electron chi connectivity index (χ1n) is 10.5. The first-order valence-corrected chi connectivity index (χ1v) is 13.0. The maximum atomic E-state index is 13.8. The highest BCUT2D eigenvalue weighted by Crippen LogP contribution is 2.37. The number of methoxy groups -OCH3 is 3. The van der Waals surface area contributed by atoms with Gasteiger partial charge in [0.05, 0.1) is 48.2 Å². The second kappa shape index (κ2) is 12.4. The van der Waals surface area contributed by atoms with Crippen molar-refractivity contribution in [1.82, 2.24) is 5.43 Å². The lowest BCUT2D eigenvalue weighted by atomic mass is 10.2. The van der Waals surface area contributed by atoms with Gasteiger partial charge < -0.3 is 14.2 Å². The van der Waals surface area contributed by atoms with Gasteiger partial charge in [-0.25, -0.2) is 13.8 Å². The lowest BCUT2D eigenvalue weighted by Crippen LogP contribution is -2.39. The molecule has 3 aromatic carbocycles. The Morgan fingerprint density at radius 1 is 0.919 bits per heavy atom. The first-order chi connectivity index (χ1) is 17.6. The predicted octanol–water partition coefficient (Wildman–Crippen LogP) is 5.02. The molecule has 0 heterocycles. The molecule has 0 aromatic heterocycles. The van der Waals surface area contributed by atoms with E-state index in [0.717, 1.165) is 4.31 Å². The summed E-state index contributed by atoms with van der Waals surface area (Å²) in [5.41, 5.74) is 2.72. The summed E-state index contributed by atoms with van der Waals surface area (Å²) in [5.74, 6) is -0.0657. The van der Waals surface area contributed by atoms with Crippen molar-refractivity contribution in [3.05, 3.63) is 75.2 Å². The number of nitrogens with zero attached hydrogens (tertiary/aromatic N) is 2. The molecule has 0 aliphatic rings. The highest BCUT2D eigenvalue weighted by atomic mass is 35.5. The third kappa shape index (κ3) is 6.58. The molecule has 0 atom stereocenters. The second-order valence-corrected chi connectivity index (χ2v) is 10.4. The number of carbonyl (C=O) groups excluding carboxylic acids is 1. The Labute approximate surface area is 229 Å². The molecule has 0 aliphatic carbocycles. The summed E-state index contributed by atoms with van der Waals surface area (Å²) in [6, 6.07) is 13.3. The number of amides is 1. The zero-order chi connectivity index (χ0) is 27.2. The Balaban J connectivity index is 2.00. The largest absolute Gasteiger partial charge is 0.495 e. The van der Waals surface area contributed by atoms with E-state index in [1.807, 2.05) is 0 Å². The van der Waals surface area contributed by atoms with Gasteiger partial charge in [-0.15, -0.1) is 0 Å². The Bertz CT molecular complexity index is 1410. The maximum Gasteiger partial charge on any atom is 0.265 e. The van der Waals surface area contributed by atoms with Crippen LogP contribution in [-0.2, 0) is 14.8 Å². The van der Waals surface area contributed by atoms with E-state index in [0.29, 0.717) is 21.4 Å². The molecule has 0 spiro atoms. The molecule has 0 fully saturated rings. The molecule has 0 saturated carbocycles. The van der Waals surface area contributed by atoms with Crippen LogP contribution in [0, 0.1) is 0 Å². The van der Waals surface area contributed by atoms with Crippen LogP contribution in [0.25, 0.3) is 0 Å². The van der Waals surface area contributed by atoms with Gasteiger partial charge in [-0.2, -0.15) is 5.10 Å². The molecule has 3 rings (SSSR count). The van der Waals surface area contributed by atoms with Crippen LogP contribution in [0.15, 0.2) is 64.6 Å². The van der Waals surface area contributed by atoms with Crippen LogP contribution in [0.1, 0.15) is 5.56 Å². The summed E-state index contributed by atoms with van der Waals surface area (Å²) in [6.07, 6.45) is 1.26. The van der Waals surface area contributed by atoms with Gasteiger partial charge in [-0.3, -0.25) is 9.10 Å². The summed E-state index contributed by atoms with van der Waals surface area (Å²) in [4.78, 5) is 12.7. The maximum absolute atomic E-state index is 13.8. The lowest BCUT2D eigenvalue weighted by molar-refractivity contribution is -0.119. The third-order valence-electron chi connectivity index (χ3n) is 5.02. The predicted molar refractivity (Wildman–Crippen MR) is 144 cm³/mol. The van der Waals surface area contributed by atoms with Gasteiger partial charge in [0, 0.05) is 16.7 Å². The molecule has 37 heavy (non-hydrogen) atoms. The van der Waals surface area contributed by atoms with Crippen molar-refractivity contribution in [2.45, 2.75) is 4.90 Å². The molecule has 0 radical (unpaired) electrons. The van der Waals surface area contributed by atoms with Crippen LogP contribution in [0.5, 0.6) is 17.2 Å². The highest BCUT2D eigenvalue weighted by Gasteiger charge is 2.30. The van der Waals surface area contributed by atoms with Gasteiger partial charge in [-0.1, -0.05) is 40.9 Å². The Morgan fingerprint density at radius 3 is 2.16 bits per heavy atom. The van der Waals surface area contributed by atoms with Crippen LogP contribution >= 0.6 is 34.8 Å². The van der Waals surface area contributed by atoms with E-state index < -0.39 is 22.5 Å². The Kier molecular flexibility index (Phi) is 9.50. The smallest absolute Gasteiger partial charge is 0.265 e. The van der Waals surface area contributed by atoms with Gasteiger partial charge in [0.1, 0.15) is 12.3 Å². The summed E-state index contributed by atoms with van der Waals surface area (Å²) in [5, 5.41) is 4.75. The number of benzene rings is 3. The van der Waals surface area contributed by atoms with E-state index in [-0.39, 0.29) is 27.1 Å². The fourth-order valence-electron chi connectivity index (χ4n) is 3.23. The number of ether oxygens (including phenoxy) is 3. The summed E-state index contributed by atoms with van der Waals surface area (Å²) in [7, 11) is -0.172. The van der Waals surface area contributed by atoms with E-state index in [1.165, 1.54) is 63.9 Å². The number of nitrogens with one attached hydrogen (secondary N) is 1. The van der Waals surface area contributed by atoms with Crippen molar-refractivity contribution in [2.75, 3.05) is 32.2 Å². The zero-order valence-corrected chi connectivity index (χ0v) is 23.0. The molecule has 0 bridgehead atoms. The molecular weight excluding hydrogens is 565 g/mol. The number of rotatable bonds is 10. The van der Waals surface area contributed by atoms with Crippen molar-refractivity contribution in [3.8, 4) is 17.2 Å². The molecule has 196 valence electrons. The van der Waals surface area contributed by atoms with Crippen LogP contribution in [-0.4, -0.2) is 48.4 Å². The number of hydrogen-bond acceptors (Lipinski definition) is 7. The fourth-order valence-corrected chi connectivity index (χ4v) is 5.33. The van der Waals surface area contributed by atoms with Crippen LogP contribution in [0.3, 0.4) is 0 Å². The number of sulfonamides is 1. The monoisotopic (exact) mass is 585 g/mol. The average Bonchev–Trinajstić information content (AvgIpc) is 2.88. The van der Waals surface area contributed by atoms with Gasteiger partial charge in [0.15, 0.2) is 11.5 Å². The summed E-state index contributed by atoms with van der Waals surface area (Å²) in [6.45, 7) is -0.666.